The highest BCUT2D eigenvalue weighted by atomic mass is 32.1. The van der Waals surface area contributed by atoms with Crippen molar-refractivity contribution in [2.24, 2.45) is 10.7 Å². The third kappa shape index (κ3) is 3.77. The number of amidine groups is 1. The van der Waals surface area contributed by atoms with Crippen LogP contribution in [0.15, 0.2) is 77.1 Å². The Morgan fingerprint density at radius 1 is 1.00 bits per heavy atom. The van der Waals surface area contributed by atoms with E-state index in [4.69, 9.17) is 20.4 Å². The molecule has 2 heterocycles. The van der Waals surface area contributed by atoms with E-state index in [-0.39, 0.29) is 0 Å². The number of aliphatic imine (C=N–C) groups is 1. The number of thiophene rings is 1. The molecular formula is C21H17N3OS2. The van der Waals surface area contributed by atoms with Crippen molar-refractivity contribution in [1.82, 2.24) is 4.98 Å². The molecular weight excluding hydrogens is 374 g/mol. The van der Waals surface area contributed by atoms with Gasteiger partial charge in [-0.1, -0.05) is 47.7 Å². The van der Waals surface area contributed by atoms with E-state index in [1.807, 2.05) is 66.0 Å². The molecule has 0 radical (unpaired) electrons. The first-order valence-corrected chi connectivity index (χ1v) is 10.0. The maximum atomic E-state index is 6.25. The summed E-state index contributed by atoms with van der Waals surface area (Å²) in [6, 6.07) is 21.7. The van der Waals surface area contributed by atoms with Crippen molar-refractivity contribution in [3.05, 3.63) is 77.7 Å². The van der Waals surface area contributed by atoms with Gasteiger partial charge in [0.25, 0.3) is 0 Å². The smallest absolute Gasteiger partial charge is 0.147 e. The number of rotatable bonds is 5. The largest absolute Gasteiger partial charge is 0.497 e. The Balaban J connectivity index is 1.79. The molecule has 6 heteroatoms. The van der Waals surface area contributed by atoms with Gasteiger partial charge in [-0.05, 0) is 35.7 Å². The van der Waals surface area contributed by atoms with Crippen LogP contribution in [0.2, 0.25) is 0 Å². The Kier molecular flexibility index (Phi) is 5.00. The van der Waals surface area contributed by atoms with E-state index in [1.54, 1.807) is 18.4 Å². The Bertz CT molecular complexity index is 1050. The molecule has 0 aliphatic carbocycles. The Morgan fingerprint density at radius 3 is 2.44 bits per heavy atom. The second-order valence-corrected chi connectivity index (χ2v) is 7.67. The maximum Gasteiger partial charge on any atom is 0.147 e. The van der Waals surface area contributed by atoms with Gasteiger partial charge >= 0.3 is 0 Å². The van der Waals surface area contributed by atoms with Crippen LogP contribution in [0.1, 0.15) is 5.56 Å². The van der Waals surface area contributed by atoms with E-state index in [0.717, 1.165) is 37.5 Å². The normalized spacial score (nSPS) is 11.5. The van der Waals surface area contributed by atoms with E-state index in [1.165, 1.54) is 11.3 Å². The highest BCUT2D eigenvalue weighted by molar-refractivity contribution is 7.20. The number of ether oxygens (including phenoxy) is 1. The first-order valence-electron chi connectivity index (χ1n) is 8.33. The highest BCUT2D eigenvalue weighted by Crippen LogP contribution is 2.41. The number of methoxy groups -OCH3 is 1. The third-order valence-electron chi connectivity index (χ3n) is 3.99. The molecule has 0 bridgehead atoms. The zero-order valence-corrected chi connectivity index (χ0v) is 16.3. The van der Waals surface area contributed by atoms with Crippen LogP contribution in [0.5, 0.6) is 5.75 Å². The highest BCUT2D eigenvalue weighted by Gasteiger charge is 2.16. The van der Waals surface area contributed by atoms with Gasteiger partial charge in [-0.25, -0.2) is 9.98 Å². The number of benzene rings is 2. The van der Waals surface area contributed by atoms with Crippen LogP contribution in [0.3, 0.4) is 0 Å². The first-order chi connectivity index (χ1) is 13.2. The molecule has 4 nitrogen and oxygen atoms in total. The van der Waals surface area contributed by atoms with Gasteiger partial charge < -0.3 is 10.5 Å². The van der Waals surface area contributed by atoms with Gasteiger partial charge in [0.1, 0.15) is 27.3 Å². The van der Waals surface area contributed by atoms with Gasteiger partial charge in [0.2, 0.25) is 0 Å². The van der Waals surface area contributed by atoms with E-state index in [2.05, 4.69) is 6.07 Å². The number of hydrogen-bond acceptors (Lipinski definition) is 5. The maximum absolute atomic E-state index is 6.25. The molecule has 27 heavy (non-hydrogen) atoms. The number of nitrogens with two attached hydrogens (primary N) is 1. The van der Waals surface area contributed by atoms with Crippen molar-refractivity contribution in [3.8, 4) is 26.9 Å². The molecule has 0 spiro atoms. The molecule has 2 N–H and O–H groups in total. The van der Waals surface area contributed by atoms with Gasteiger partial charge in [0.05, 0.1) is 12.0 Å². The summed E-state index contributed by atoms with van der Waals surface area (Å²) in [4.78, 5) is 10.6. The van der Waals surface area contributed by atoms with Crippen molar-refractivity contribution in [2.45, 2.75) is 0 Å². The number of aromatic nitrogens is 1. The summed E-state index contributed by atoms with van der Waals surface area (Å²) >= 11 is 3.18. The van der Waals surface area contributed by atoms with Gasteiger partial charge in [-0.2, -0.15) is 0 Å². The lowest BCUT2D eigenvalue weighted by molar-refractivity contribution is 0.415. The molecule has 2 aromatic heterocycles. The van der Waals surface area contributed by atoms with Crippen molar-refractivity contribution < 1.29 is 4.74 Å². The van der Waals surface area contributed by atoms with Crippen LogP contribution in [0.4, 0.5) is 5.00 Å². The predicted molar refractivity (Wildman–Crippen MR) is 114 cm³/mol. The van der Waals surface area contributed by atoms with Crippen LogP contribution >= 0.6 is 22.7 Å². The fraction of sp³-hybridized carbons (Fsp3) is 0.0476. The Labute approximate surface area is 165 Å². The van der Waals surface area contributed by atoms with E-state index < -0.39 is 0 Å². The molecule has 0 saturated carbocycles. The van der Waals surface area contributed by atoms with Crippen molar-refractivity contribution in [1.29, 1.82) is 0 Å². The number of hydrogen-bond donors (Lipinski definition) is 1. The lowest BCUT2D eigenvalue weighted by Crippen LogP contribution is -2.12. The van der Waals surface area contributed by atoms with Crippen molar-refractivity contribution in [2.75, 3.05) is 7.11 Å². The molecule has 0 fully saturated rings. The molecule has 0 saturated heterocycles. The van der Waals surface area contributed by atoms with Crippen LogP contribution < -0.4 is 10.5 Å². The minimum atomic E-state index is 0.485. The zero-order valence-electron chi connectivity index (χ0n) is 14.6. The van der Waals surface area contributed by atoms with Gasteiger partial charge in [-0.3, -0.25) is 0 Å². The molecule has 4 aromatic rings. The molecule has 0 aliphatic rings. The Hall–Kier alpha value is -2.96. The average molecular weight is 392 g/mol. The molecule has 2 aromatic carbocycles. The minimum absolute atomic E-state index is 0.485. The van der Waals surface area contributed by atoms with Crippen LogP contribution in [-0.2, 0) is 0 Å². The lowest BCUT2D eigenvalue weighted by atomic mass is 10.2. The monoisotopic (exact) mass is 391 g/mol. The zero-order chi connectivity index (χ0) is 18.6. The van der Waals surface area contributed by atoms with E-state index in [0.29, 0.717) is 5.84 Å². The second kappa shape index (κ2) is 7.73. The third-order valence-corrected chi connectivity index (χ3v) is 5.87. The first kappa shape index (κ1) is 17.5. The summed E-state index contributed by atoms with van der Waals surface area (Å²) in [5.41, 5.74) is 9.04. The summed E-state index contributed by atoms with van der Waals surface area (Å²) in [6.45, 7) is 0. The van der Waals surface area contributed by atoms with Crippen LogP contribution in [0.25, 0.3) is 21.1 Å². The fourth-order valence-electron chi connectivity index (χ4n) is 2.60. The van der Waals surface area contributed by atoms with Gasteiger partial charge in [-0.15, -0.1) is 11.3 Å². The average Bonchev–Trinajstić information content (AvgIpc) is 3.38. The summed E-state index contributed by atoms with van der Waals surface area (Å²) in [5, 5.41) is 3.75. The number of thiazole rings is 1. The van der Waals surface area contributed by atoms with Crippen LogP contribution in [-0.4, -0.2) is 17.9 Å². The van der Waals surface area contributed by atoms with Gasteiger partial charge in [0.15, 0.2) is 0 Å². The van der Waals surface area contributed by atoms with Crippen molar-refractivity contribution >= 4 is 33.5 Å². The molecule has 134 valence electrons. The molecule has 0 aliphatic heterocycles. The topological polar surface area (TPSA) is 60.5 Å². The fourth-order valence-corrected chi connectivity index (χ4v) is 4.35. The summed E-state index contributed by atoms with van der Waals surface area (Å²) in [7, 11) is 1.66. The second-order valence-electron chi connectivity index (χ2n) is 5.74. The SMILES string of the molecule is COc1ccc(-c2nc(-c3cccs3)c(/N=C(\N)c3ccccc3)s2)cc1. The minimum Gasteiger partial charge on any atom is -0.497 e. The van der Waals surface area contributed by atoms with Crippen LogP contribution in [0, 0.1) is 0 Å². The molecule has 0 unspecified atom stereocenters. The summed E-state index contributed by atoms with van der Waals surface area (Å²) < 4.78 is 5.24. The number of nitrogens with zero attached hydrogens (tertiary/aromatic N) is 2. The summed E-state index contributed by atoms with van der Waals surface area (Å²) in [5.74, 6) is 1.30. The molecule has 0 atom stereocenters. The van der Waals surface area contributed by atoms with E-state index >= 15 is 0 Å². The standard InChI is InChI=1S/C21H17N3OS2/c1-25-16-11-9-15(10-12-16)20-23-18(17-8-5-13-26-17)21(27-20)24-19(22)14-6-3-2-4-7-14/h2-13H,1H3,(H2,22,24). The Morgan fingerprint density at radius 2 is 1.78 bits per heavy atom. The predicted octanol–water partition coefficient (Wildman–Crippen LogP) is 5.58. The van der Waals surface area contributed by atoms with E-state index in [9.17, 15) is 0 Å². The summed E-state index contributed by atoms with van der Waals surface area (Å²) in [6.07, 6.45) is 0. The molecule has 0 amide bonds. The van der Waals surface area contributed by atoms with Crippen molar-refractivity contribution in [3.63, 3.8) is 0 Å². The quantitative estimate of drug-likeness (QED) is 0.357. The lowest BCUT2D eigenvalue weighted by Gasteiger charge is -2.00. The van der Waals surface area contributed by atoms with Gasteiger partial charge in [0, 0.05) is 11.1 Å². The molecule has 4 rings (SSSR count).